The minimum atomic E-state index is 0.386. The van der Waals surface area contributed by atoms with E-state index in [1.165, 1.54) is 5.56 Å². The number of guanidine groups is 1. The van der Waals surface area contributed by atoms with Crippen molar-refractivity contribution in [3.63, 3.8) is 0 Å². The van der Waals surface area contributed by atoms with E-state index in [0.29, 0.717) is 12.6 Å². The molecule has 7 heteroatoms. The summed E-state index contributed by atoms with van der Waals surface area (Å²) in [4.78, 5) is 11.6. The molecule has 162 valence electrons. The molecular weight excluding hydrogens is 378 g/mol. The lowest BCUT2D eigenvalue weighted by molar-refractivity contribution is 0.393. The number of nitrogens with zero attached hydrogens (tertiary/aromatic N) is 3. The molecule has 2 heterocycles. The van der Waals surface area contributed by atoms with Crippen molar-refractivity contribution >= 4 is 11.6 Å². The van der Waals surface area contributed by atoms with Crippen LogP contribution in [-0.4, -0.2) is 50.8 Å². The highest BCUT2D eigenvalue weighted by Crippen LogP contribution is 2.30. The van der Waals surface area contributed by atoms with Crippen LogP contribution in [0.25, 0.3) is 0 Å². The zero-order valence-corrected chi connectivity index (χ0v) is 18.4. The summed E-state index contributed by atoms with van der Waals surface area (Å²) in [7, 11) is 3.37. The number of benzene rings is 1. The van der Waals surface area contributed by atoms with Crippen LogP contribution in [0, 0.1) is 6.92 Å². The van der Waals surface area contributed by atoms with Crippen LogP contribution >= 0.6 is 0 Å². The largest absolute Gasteiger partial charge is 0.497 e. The lowest BCUT2D eigenvalue weighted by Gasteiger charge is -2.34. The minimum absolute atomic E-state index is 0.386. The van der Waals surface area contributed by atoms with E-state index < -0.39 is 0 Å². The first-order valence-electron chi connectivity index (χ1n) is 10.6. The number of rotatable bonds is 7. The number of anilines is 1. The standard InChI is InChI=1S/C23H33N5O2/c1-5-24-23(26-16-22-17(2)7-6-10-25-22)27-18-8-11-28(12-9-18)19-13-20(29-3)15-21(14-19)30-4/h6-7,10,13-15,18H,5,8-9,11-12,16H2,1-4H3,(H2,24,26,27). The first-order chi connectivity index (χ1) is 14.6. The Bertz CT molecular complexity index is 825. The van der Waals surface area contributed by atoms with Crippen LogP contribution in [0.2, 0.25) is 0 Å². The molecule has 1 aliphatic heterocycles. The third-order valence-corrected chi connectivity index (χ3v) is 5.39. The first kappa shape index (κ1) is 21.7. The highest BCUT2D eigenvalue weighted by Gasteiger charge is 2.21. The normalized spacial score (nSPS) is 15.1. The number of nitrogens with one attached hydrogen (secondary N) is 2. The highest BCUT2D eigenvalue weighted by atomic mass is 16.5. The van der Waals surface area contributed by atoms with Crippen molar-refractivity contribution in [1.29, 1.82) is 0 Å². The fourth-order valence-electron chi connectivity index (χ4n) is 3.61. The molecule has 30 heavy (non-hydrogen) atoms. The Morgan fingerprint density at radius 1 is 1.17 bits per heavy atom. The molecule has 1 aromatic carbocycles. The smallest absolute Gasteiger partial charge is 0.191 e. The Morgan fingerprint density at radius 2 is 1.87 bits per heavy atom. The predicted molar refractivity (Wildman–Crippen MR) is 122 cm³/mol. The molecule has 0 spiro atoms. The van der Waals surface area contributed by atoms with E-state index in [9.17, 15) is 0 Å². The molecule has 3 rings (SSSR count). The number of aromatic nitrogens is 1. The molecular formula is C23H33N5O2. The van der Waals surface area contributed by atoms with Gasteiger partial charge in [0.05, 0.1) is 26.5 Å². The number of pyridine rings is 1. The van der Waals surface area contributed by atoms with Crippen LogP contribution in [0.1, 0.15) is 31.0 Å². The monoisotopic (exact) mass is 411 g/mol. The maximum atomic E-state index is 5.41. The summed E-state index contributed by atoms with van der Waals surface area (Å²) in [6.07, 6.45) is 3.89. The molecule has 2 aromatic rings. The molecule has 0 saturated carbocycles. The van der Waals surface area contributed by atoms with Gasteiger partial charge in [-0.25, -0.2) is 4.99 Å². The van der Waals surface area contributed by atoms with E-state index in [4.69, 9.17) is 14.5 Å². The molecule has 0 bridgehead atoms. The van der Waals surface area contributed by atoms with Gasteiger partial charge in [0, 0.05) is 55.8 Å². The number of aliphatic imine (C=N–C) groups is 1. The van der Waals surface area contributed by atoms with Crippen LogP contribution in [0.5, 0.6) is 11.5 Å². The molecule has 0 aliphatic carbocycles. The maximum Gasteiger partial charge on any atom is 0.191 e. The topological polar surface area (TPSA) is 71.0 Å². The fourth-order valence-corrected chi connectivity index (χ4v) is 3.61. The van der Waals surface area contributed by atoms with Gasteiger partial charge in [0.25, 0.3) is 0 Å². The zero-order chi connectivity index (χ0) is 21.3. The van der Waals surface area contributed by atoms with E-state index in [1.807, 2.05) is 18.3 Å². The quantitative estimate of drug-likeness (QED) is 0.539. The second kappa shape index (κ2) is 10.7. The summed E-state index contributed by atoms with van der Waals surface area (Å²) in [6.45, 7) is 7.49. The van der Waals surface area contributed by atoms with E-state index in [1.54, 1.807) is 14.2 Å². The van der Waals surface area contributed by atoms with Crippen molar-refractivity contribution in [3.05, 3.63) is 47.8 Å². The molecule has 1 fully saturated rings. The van der Waals surface area contributed by atoms with E-state index >= 15 is 0 Å². The molecule has 1 saturated heterocycles. The Hall–Kier alpha value is -2.96. The van der Waals surface area contributed by atoms with Gasteiger partial charge in [-0.05, 0) is 38.3 Å². The fraction of sp³-hybridized carbons (Fsp3) is 0.478. The number of piperidine rings is 1. The molecule has 2 N–H and O–H groups in total. The molecule has 7 nitrogen and oxygen atoms in total. The van der Waals surface area contributed by atoms with Gasteiger partial charge in [0.2, 0.25) is 0 Å². The molecule has 0 unspecified atom stereocenters. The second-order valence-corrected chi connectivity index (χ2v) is 7.44. The third-order valence-electron chi connectivity index (χ3n) is 5.39. The van der Waals surface area contributed by atoms with Crippen LogP contribution in [0.4, 0.5) is 5.69 Å². The summed E-state index contributed by atoms with van der Waals surface area (Å²) in [6, 6.07) is 10.4. The van der Waals surface area contributed by atoms with Crippen LogP contribution in [0.15, 0.2) is 41.5 Å². The van der Waals surface area contributed by atoms with Gasteiger partial charge in [-0.3, -0.25) is 4.98 Å². The van der Waals surface area contributed by atoms with Gasteiger partial charge in [-0.2, -0.15) is 0 Å². The van der Waals surface area contributed by atoms with Gasteiger partial charge >= 0.3 is 0 Å². The van der Waals surface area contributed by atoms with Crippen molar-refractivity contribution in [2.24, 2.45) is 4.99 Å². The van der Waals surface area contributed by atoms with Crippen molar-refractivity contribution in [3.8, 4) is 11.5 Å². The first-order valence-corrected chi connectivity index (χ1v) is 10.6. The summed E-state index contributed by atoms with van der Waals surface area (Å²) in [5.41, 5.74) is 3.31. The Labute approximate surface area is 179 Å². The molecule has 0 amide bonds. The number of ether oxygens (including phenoxy) is 2. The Balaban J connectivity index is 1.59. The maximum absolute atomic E-state index is 5.41. The SMILES string of the molecule is CCNC(=NCc1ncccc1C)NC1CCN(c2cc(OC)cc(OC)c2)CC1. The van der Waals surface area contributed by atoms with Crippen molar-refractivity contribution in [1.82, 2.24) is 15.6 Å². The number of hydrogen-bond acceptors (Lipinski definition) is 5. The lowest BCUT2D eigenvalue weighted by Crippen LogP contribution is -2.48. The van der Waals surface area contributed by atoms with Crippen molar-refractivity contribution in [2.45, 2.75) is 39.3 Å². The summed E-state index contributed by atoms with van der Waals surface area (Å²) < 4.78 is 10.8. The molecule has 0 atom stereocenters. The minimum Gasteiger partial charge on any atom is -0.497 e. The Morgan fingerprint density at radius 3 is 2.47 bits per heavy atom. The van der Waals surface area contributed by atoms with Crippen LogP contribution in [0.3, 0.4) is 0 Å². The average Bonchev–Trinajstić information content (AvgIpc) is 2.78. The summed E-state index contributed by atoms with van der Waals surface area (Å²) in [5.74, 6) is 2.48. The Kier molecular flexibility index (Phi) is 7.76. The number of aryl methyl sites for hydroxylation is 1. The number of methoxy groups -OCH3 is 2. The third kappa shape index (κ3) is 5.78. The highest BCUT2D eigenvalue weighted by molar-refractivity contribution is 5.80. The lowest BCUT2D eigenvalue weighted by atomic mass is 10.0. The molecule has 0 radical (unpaired) electrons. The molecule has 1 aromatic heterocycles. The van der Waals surface area contributed by atoms with E-state index in [0.717, 1.165) is 61.3 Å². The van der Waals surface area contributed by atoms with E-state index in [2.05, 4.69) is 52.6 Å². The van der Waals surface area contributed by atoms with Crippen LogP contribution in [-0.2, 0) is 6.54 Å². The van der Waals surface area contributed by atoms with Crippen molar-refractivity contribution < 1.29 is 9.47 Å². The average molecular weight is 412 g/mol. The van der Waals surface area contributed by atoms with Crippen molar-refractivity contribution in [2.75, 3.05) is 38.8 Å². The van der Waals surface area contributed by atoms with Gasteiger partial charge in [-0.1, -0.05) is 6.07 Å². The number of hydrogen-bond donors (Lipinski definition) is 2. The molecule has 1 aliphatic rings. The van der Waals surface area contributed by atoms with E-state index in [-0.39, 0.29) is 0 Å². The second-order valence-electron chi connectivity index (χ2n) is 7.44. The summed E-state index contributed by atoms with van der Waals surface area (Å²) in [5, 5.41) is 6.96. The van der Waals surface area contributed by atoms with Gasteiger partial charge < -0.3 is 25.0 Å². The predicted octanol–water partition coefficient (Wildman–Crippen LogP) is 3.13. The zero-order valence-electron chi connectivity index (χ0n) is 18.4. The van der Waals surface area contributed by atoms with Gasteiger partial charge in [0.1, 0.15) is 11.5 Å². The van der Waals surface area contributed by atoms with Gasteiger partial charge in [-0.15, -0.1) is 0 Å². The van der Waals surface area contributed by atoms with Crippen LogP contribution < -0.4 is 25.0 Å². The van der Waals surface area contributed by atoms with Gasteiger partial charge in [0.15, 0.2) is 5.96 Å². The summed E-state index contributed by atoms with van der Waals surface area (Å²) >= 11 is 0.